The van der Waals surface area contributed by atoms with Crippen LogP contribution in [0.25, 0.3) is 16.7 Å². The minimum Gasteiger partial charge on any atom is -0.369 e. The van der Waals surface area contributed by atoms with Gasteiger partial charge in [-0.1, -0.05) is 23.2 Å². The van der Waals surface area contributed by atoms with Crippen molar-refractivity contribution in [2.75, 3.05) is 5.73 Å². The van der Waals surface area contributed by atoms with Crippen molar-refractivity contribution >= 4 is 40.2 Å². The van der Waals surface area contributed by atoms with Crippen LogP contribution in [0.15, 0.2) is 30.3 Å². The molecule has 0 amide bonds. The first kappa shape index (κ1) is 13.1. The first-order valence-electron chi connectivity index (χ1n) is 5.56. The zero-order valence-electron chi connectivity index (χ0n) is 9.87. The summed E-state index contributed by atoms with van der Waals surface area (Å²) in [5.74, 6) is -2.03. The summed E-state index contributed by atoms with van der Waals surface area (Å²) in [5, 5.41) is 0.687. The number of nitrogens with zero attached hydrogens (tertiary/aromatic N) is 2. The fourth-order valence-electron chi connectivity index (χ4n) is 2.02. The van der Waals surface area contributed by atoms with Gasteiger partial charge in [-0.25, -0.2) is 13.8 Å². The number of fused-ring (bicyclic) bond motifs is 1. The highest BCUT2D eigenvalue weighted by atomic mass is 35.5. The van der Waals surface area contributed by atoms with Crippen molar-refractivity contribution in [3.05, 3.63) is 52.0 Å². The van der Waals surface area contributed by atoms with Gasteiger partial charge >= 0.3 is 0 Å². The topological polar surface area (TPSA) is 43.8 Å². The number of halogens is 4. The maximum Gasteiger partial charge on any atom is 0.206 e. The van der Waals surface area contributed by atoms with Crippen LogP contribution < -0.4 is 5.73 Å². The summed E-state index contributed by atoms with van der Waals surface area (Å²) >= 11 is 12.0. The molecule has 7 heteroatoms. The Bertz CT molecular complexity index is 830. The molecule has 2 aromatic carbocycles. The maximum absolute atomic E-state index is 14.0. The highest BCUT2D eigenvalue weighted by molar-refractivity contribution is 6.34. The molecule has 3 aromatic rings. The molecule has 1 aromatic heterocycles. The lowest BCUT2D eigenvalue weighted by Crippen LogP contribution is -2.03. The molecular weight excluding hydrogens is 307 g/mol. The SMILES string of the molecule is Nc1nc2ccc(F)c(F)c2n1-c1cc(Cl)ccc1Cl. The standard InChI is InChI=1S/C13H7Cl2F2N3/c14-6-1-2-7(15)10(5-6)20-12-9(19-13(20)18)4-3-8(16)11(12)17/h1-5H,(H2,18,19). The van der Waals surface area contributed by atoms with Gasteiger partial charge in [0.15, 0.2) is 11.6 Å². The molecule has 20 heavy (non-hydrogen) atoms. The third kappa shape index (κ3) is 1.90. The highest BCUT2D eigenvalue weighted by Gasteiger charge is 2.18. The van der Waals surface area contributed by atoms with Gasteiger partial charge in [-0.2, -0.15) is 0 Å². The number of aromatic nitrogens is 2. The van der Waals surface area contributed by atoms with Crippen LogP contribution in [0, 0.1) is 11.6 Å². The highest BCUT2D eigenvalue weighted by Crippen LogP contribution is 2.31. The summed E-state index contributed by atoms with van der Waals surface area (Å²) in [4.78, 5) is 3.99. The number of imidazole rings is 1. The molecule has 0 spiro atoms. The second-order valence-corrected chi connectivity index (χ2v) is 4.97. The van der Waals surface area contributed by atoms with E-state index in [1.165, 1.54) is 16.7 Å². The second kappa shape index (κ2) is 4.61. The Morgan fingerprint density at radius 2 is 1.85 bits per heavy atom. The van der Waals surface area contributed by atoms with E-state index in [0.29, 0.717) is 15.7 Å². The molecule has 0 fully saturated rings. The second-order valence-electron chi connectivity index (χ2n) is 4.13. The predicted octanol–water partition coefficient (Wildman–Crippen LogP) is 4.19. The van der Waals surface area contributed by atoms with E-state index < -0.39 is 11.6 Å². The van der Waals surface area contributed by atoms with E-state index in [0.717, 1.165) is 6.07 Å². The van der Waals surface area contributed by atoms with E-state index >= 15 is 0 Å². The van der Waals surface area contributed by atoms with Crippen LogP contribution in [0.2, 0.25) is 10.0 Å². The maximum atomic E-state index is 14.0. The van der Waals surface area contributed by atoms with E-state index in [4.69, 9.17) is 28.9 Å². The quantitative estimate of drug-likeness (QED) is 0.732. The molecule has 3 nitrogen and oxygen atoms in total. The molecule has 0 aliphatic carbocycles. The molecule has 1 heterocycles. The molecule has 3 rings (SSSR count). The average molecular weight is 314 g/mol. The molecule has 0 aliphatic heterocycles. The van der Waals surface area contributed by atoms with Crippen LogP contribution in [0.3, 0.4) is 0 Å². The molecule has 102 valence electrons. The minimum atomic E-state index is -1.04. The summed E-state index contributed by atoms with van der Waals surface area (Å²) in [6, 6.07) is 6.97. The monoisotopic (exact) mass is 313 g/mol. The first-order valence-corrected chi connectivity index (χ1v) is 6.32. The van der Waals surface area contributed by atoms with Gasteiger partial charge in [0.1, 0.15) is 5.52 Å². The van der Waals surface area contributed by atoms with Gasteiger partial charge in [0.25, 0.3) is 0 Å². The molecule has 2 N–H and O–H groups in total. The van der Waals surface area contributed by atoms with Gasteiger partial charge in [0, 0.05) is 5.02 Å². The molecule has 0 radical (unpaired) electrons. The Hall–Kier alpha value is -1.85. The number of rotatable bonds is 1. The van der Waals surface area contributed by atoms with E-state index in [9.17, 15) is 8.78 Å². The summed E-state index contributed by atoms with van der Waals surface area (Å²) in [6.45, 7) is 0. The van der Waals surface area contributed by atoms with Crippen molar-refractivity contribution < 1.29 is 8.78 Å². The van der Waals surface area contributed by atoms with E-state index in [2.05, 4.69) is 4.98 Å². The van der Waals surface area contributed by atoms with Gasteiger partial charge in [-0.3, -0.25) is 4.57 Å². The predicted molar refractivity (Wildman–Crippen MR) is 75.4 cm³/mol. The van der Waals surface area contributed by atoms with Crippen molar-refractivity contribution in [1.29, 1.82) is 0 Å². The minimum absolute atomic E-state index is 0.00586. The van der Waals surface area contributed by atoms with Crippen LogP contribution in [-0.2, 0) is 0 Å². The number of benzene rings is 2. The molecule has 0 saturated carbocycles. The zero-order chi connectivity index (χ0) is 14.4. The van der Waals surface area contributed by atoms with Gasteiger partial charge in [-0.15, -0.1) is 0 Å². The third-order valence-electron chi connectivity index (χ3n) is 2.88. The van der Waals surface area contributed by atoms with E-state index in [1.807, 2.05) is 0 Å². The molecule has 0 bridgehead atoms. The number of hydrogen-bond acceptors (Lipinski definition) is 2. The average Bonchev–Trinajstić information content (AvgIpc) is 2.74. The largest absolute Gasteiger partial charge is 0.369 e. The Balaban J connectivity index is 2.44. The lowest BCUT2D eigenvalue weighted by atomic mass is 10.2. The number of hydrogen-bond donors (Lipinski definition) is 1. The van der Waals surface area contributed by atoms with E-state index in [1.54, 1.807) is 12.1 Å². The Kier molecular flexibility index (Phi) is 3.03. The fraction of sp³-hybridized carbons (Fsp3) is 0. The Morgan fingerprint density at radius 1 is 1.10 bits per heavy atom. The Labute approximate surface area is 122 Å². The number of nitrogen functional groups attached to an aromatic ring is 1. The number of anilines is 1. The van der Waals surface area contributed by atoms with Crippen LogP contribution in [-0.4, -0.2) is 9.55 Å². The van der Waals surface area contributed by atoms with Crippen LogP contribution in [0.5, 0.6) is 0 Å². The lowest BCUT2D eigenvalue weighted by Gasteiger charge is -2.09. The van der Waals surface area contributed by atoms with E-state index in [-0.39, 0.29) is 17.0 Å². The molecule has 0 unspecified atom stereocenters. The summed E-state index contributed by atoms with van der Waals surface area (Å²) < 4.78 is 28.7. The first-order chi connectivity index (χ1) is 9.49. The normalized spacial score (nSPS) is 11.2. The Morgan fingerprint density at radius 3 is 2.60 bits per heavy atom. The van der Waals surface area contributed by atoms with Crippen molar-refractivity contribution in [3.63, 3.8) is 0 Å². The van der Waals surface area contributed by atoms with Crippen LogP contribution >= 0.6 is 23.2 Å². The van der Waals surface area contributed by atoms with Gasteiger partial charge in [0.05, 0.1) is 16.2 Å². The van der Waals surface area contributed by atoms with Crippen LogP contribution in [0.1, 0.15) is 0 Å². The molecule has 0 atom stereocenters. The van der Waals surface area contributed by atoms with Crippen molar-refractivity contribution in [2.24, 2.45) is 0 Å². The van der Waals surface area contributed by atoms with Gasteiger partial charge in [-0.05, 0) is 30.3 Å². The fourth-order valence-corrected chi connectivity index (χ4v) is 2.39. The molecule has 0 aliphatic rings. The van der Waals surface area contributed by atoms with Crippen molar-refractivity contribution in [2.45, 2.75) is 0 Å². The smallest absolute Gasteiger partial charge is 0.206 e. The summed E-state index contributed by atoms with van der Waals surface area (Å²) in [5.41, 5.74) is 6.28. The molecule has 0 saturated heterocycles. The third-order valence-corrected chi connectivity index (χ3v) is 3.44. The van der Waals surface area contributed by atoms with Gasteiger partial charge < -0.3 is 5.73 Å². The van der Waals surface area contributed by atoms with Crippen molar-refractivity contribution in [3.8, 4) is 5.69 Å². The van der Waals surface area contributed by atoms with Crippen LogP contribution in [0.4, 0.5) is 14.7 Å². The van der Waals surface area contributed by atoms with Crippen molar-refractivity contribution in [1.82, 2.24) is 9.55 Å². The lowest BCUT2D eigenvalue weighted by molar-refractivity contribution is 0.514. The molecular formula is C13H7Cl2F2N3. The summed E-state index contributed by atoms with van der Waals surface area (Å²) in [7, 11) is 0. The summed E-state index contributed by atoms with van der Waals surface area (Å²) in [6.07, 6.45) is 0. The zero-order valence-corrected chi connectivity index (χ0v) is 11.4. The number of nitrogens with two attached hydrogens (primary N) is 1. The van der Waals surface area contributed by atoms with Gasteiger partial charge in [0.2, 0.25) is 5.95 Å².